The minimum atomic E-state index is -0.0861. The highest BCUT2D eigenvalue weighted by Crippen LogP contribution is 2.16. The van der Waals surface area contributed by atoms with E-state index in [1.54, 1.807) is 6.07 Å². The average molecular weight is 222 g/mol. The molecule has 0 spiro atoms. The van der Waals surface area contributed by atoms with Gasteiger partial charge in [0.2, 0.25) is 0 Å². The van der Waals surface area contributed by atoms with Gasteiger partial charge < -0.3 is 15.2 Å². The summed E-state index contributed by atoms with van der Waals surface area (Å²) in [5, 5.41) is 3.34. The van der Waals surface area contributed by atoms with Gasteiger partial charge in [0.1, 0.15) is 5.82 Å². The molecule has 1 aliphatic rings. The molecule has 0 radical (unpaired) electrons. The average Bonchev–Trinajstić information content (AvgIpc) is 2.79. The highest BCUT2D eigenvalue weighted by molar-refractivity contribution is 5.38. The summed E-state index contributed by atoms with van der Waals surface area (Å²) >= 11 is 0. The lowest BCUT2D eigenvalue weighted by Gasteiger charge is -2.28. The summed E-state index contributed by atoms with van der Waals surface area (Å²) in [4.78, 5) is 20.3. The summed E-state index contributed by atoms with van der Waals surface area (Å²) in [5.74, 6) is 0.791. The van der Waals surface area contributed by atoms with Gasteiger partial charge in [-0.15, -0.1) is 0 Å². The molecule has 1 atom stereocenters. The van der Waals surface area contributed by atoms with Crippen LogP contribution in [0.1, 0.15) is 19.8 Å². The van der Waals surface area contributed by atoms with Gasteiger partial charge in [-0.2, -0.15) is 0 Å². The Morgan fingerprint density at radius 2 is 2.50 bits per heavy atom. The first-order chi connectivity index (χ1) is 7.81. The van der Waals surface area contributed by atoms with Crippen molar-refractivity contribution < 1.29 is 0 Å². The first kappa shape index (κ1) is 11.1. The van der Waals surface area contributed by atoms with Crippen LogP contribution in [0.5, 0.6) is 0 Å². The molecule has 88 valence electrons. The molecule has 0 bridgehead atoms. The monoisotopic (exact) mass is 222 g/mol. The van der Waals surface area contributed by atoms with Gasteiger partial charge >= 0.3 is 0 Å². The molecule has 2 rings (SSSR count). The van der Waals surface area contributed by atoms with Gasteiger partial charge in [-0.1, -0.05) is 6.92 Å². The van der Waals surface area contributed by atoms with Gasteiger partial charge in [0.05, 0.1) is 6.33 Å². The van der Waals surface area contributed by atoms with Crippen LogP contribution >= 0.6 is 0 Å². The number of aromatic nitrogens is 2. The van der Waals surface area contributed by atoms with Crippen molar-refractivity contribution in [3.63, 3.8) is 0 Å². The Morgan fingerprint density at radius 3 is 3.12 bits per heavy atom. The van der Waals surface area contributed by atoms with Crippen LogP contribution in [0.4, 0.5) is 5.82 Å². The molecule has 16 heavy (non-hydrogen) atoms. The number of aromatic amines is 1. The van der Waals surface area contributed by atoms with E-state index < -0.39 is 0 Å². The number of anilines is 1. The third-order valence-electron chi connectivity index (χ3n) is 2.90. The first-order valence-electron chi connectivity index (χ1n) is 5.83. The maximum absolute atomic E-state index is 11.3. The largest absolute Gasteiger partial charge is 0.352 e. The summed E-state index contributed by atoms with van der Waals surface area (Å²) in [6.45, 7) is 5.12. The molecular weight excluding hydrogens is 204 g/mol. The molecule has 0 saturated carbocycles. The minimum Gasteiger partial charge on any atom is -0.352 e. The Balaban J connectivity index is 2.20. The molecule has 0 amide bonds. The van der Waals surface area contributed by atoms with Crippen molar-refractivity contribution in [1.82, 2.24) is 15.3 Å². The molecule has 5 nitrogen and oxygen atoms in total. The smallest absolute Gasteiger partial charge is 0.252 e. The van der Waals surface area contributed by atoms with E-state index in [0.29, 0.717) is 6.04 Å². The number of nitrogens with zero attached hydrogens (tertiary/aromatic N) is 2. The molecule has 2 heterocycles. The first-order valence-corrected chi connectivity index (χ1v) is 5.83. The predicted octanol–water partition coefficient (Wildman–Crippen LogP) is 0.348. The van der Waals surface area contributed by atoms with Gasteiger partial charge in [-0.25, -0.2) is 4.98 Å². The van der Waals surface area contributed by atoms with Gasteiger partial charge in [0.15, 0.2) is 0 Å². The van der Waals surface area contributed by atoms with E-state index in [-0.39, 0.29) is 5.56 Å². The normalized spacial score (nSPS) is 19.9. The van der Waals surface area contributed by atoms with E-state index >= 15 is 0 Å². The van der Waals surface area contributed by atoms with E-state index in [1.165, 1.54) is 6.33 Å². The Kier molecular flexibility index (Phi) is 3.56. The molecular formula is C11H18N4O. The number of H-pyrrole nitrogens is 1. The van der Waals surface area contributed by atoms with Gasteiger partial charge in [0, 0.05) is 25.2 Å². The highest BCUT2D eigenvalue weighted by atomic mass is 16.1. The molecule has 1 fully saturated rings. The third kappa shape index (κ3) is 2.41. The summed E-state index contributed by atoms with van der Waals surface area (Å²) < 4.78 is 0. The minimum absolute atomic E-state index is 0.0861. The van der Waals surface area contributed by atoms with Crippen molar-refractivity contribution in [2.75, 3.05) is 24.5 Å². The lowest BCUT2D eigenvalue weighted by molar-refractivity contribution is 0.617. The van der Waals surface area contributed by atoms with Gasteiger partial charge in [-0.05, 0) is 19.4 Å². The Bertz CT molecular complexity index is 384. The fourth-order valence-corrected chi connectivity index (χ4v) is 2.15. The molecule has 1 unspecified atom stereocenters. The van der Waals surface area contributed by atoms with Crippen molar-refractivity contribution in [2.45, 2.75) is 25.8 Å². The Hall–Kier alpha value is -1.36. The molecule has 0 aliphatic carbocycles. The number of hydrogen-bond donors (Lipinski definition) is 2. The number of hydrogen-bond acceptors (Lipinski definition) is 4. The van der Waals surface area contributed by atoms with Crippen LogP contribution in [0.2, 0.25) is 0 Å². The van der Waals surface area contributed by atoms with Crippen LogP contribution in [0.15, 0.2) is 17.2 Å². The van der Waals surface area contributed by atoms with Gasteiger partial charge in [-0.3, -0.25) is 4.79 Å². The molecule has 2 N–H and O–H groups in total. The Morgan fingerprint density at radius 1 is 1.62 bits per heavy atom. The van der Waals surface area contributed by atoms with E-state index in [0.717, 1.165) is 38.3 Å². The number of nitrogens with one attached hydrogen (secondary N) is 2. The molecule has 5 heteroatoms. The van der Waals surface area contributed by atoms with Crippen LogP contribution < -0.4 is 15.8 Å². The van der Waals surface area contributed by atoms with Crippen LogP contribution in [0.3, 0.4) is 0 Å². The third-order valence-corrected chi connectivity index (χ3v) is 2.90. The summed E-state index contributed by atoms with van der Waals surface area (Å²) in [5.41, 5.74) is -0.0861. The van der Waals surface area contributed by atoms with Crippen molar-refractivity contribution >= 4 is 5.82 Å². The summed E-state index contributed by atoms with van der Waals surface area (Å²) in [6, 6.07) is 2.04. The van der Waals surface area contributed by atoms with Crippen LogP contribution in [0, 0.1) is 0 Å². The second kappa shape index (κ2) is 5.12. The zero-order chi connectivity index (χ0) is 11.4. The maximum Gasteiger partial charge on any atom is 0.252 e. The molecule has 0 aromatic carbocycles. The van der Waals surface area contributed by atoms with Crippen molar-refractivity contribution in [1.29, 1.82) is 0 Å². The van der Waals surface area contributed by atoms with E-state index in [1.807, 2.05) is 0 Å². The van der Waals surface area contributed by atoms with Gasteiger partial charge in [0.25, 0.3) is 5.56 Å². The van der Waals surface area contributed by atoms with E-state index in [4.69, 9.17) is 0 Å². The summed E-state index contributed by atoms with van der Waals surface area (Å²) in [6.07, 6.45) is 3.65. The quantitative estimate of drug-likeness (QED) is 0.771. The Labute approximate surface area is 94.9 Å². The summed E-state index contributed by atoms with van der Waals surface area (Å²) in [7, 11) is 0. The fraction of sp³-hybridized carbons (Fsp3) is 0.636. The molecule has 1 aliphatic heterocycles. The van der Waals surface area contributed by atoms with Crippen LogP contribution in [-0.4, -0.2) is 35.6 Å². The van der Waals surface area contributed by atoms with Crippen LogP contribution in [0.25, 0.3) is 0 Å². The molecule has 1 aromatic heterocycles. The van der Waals surface area contributed by atoms with E-state index in [2.05, 4.69) is 27.1 Å². The lowest BCUT2D eigenvalue weighted by Crippen LogP contribution is -2.38. The zero-order valence-corrected chi connectivity index (χ0v) is 9.57. The zero-order valence-electron chi connectivity index (χ0n) is 9.57. The number of rotatable bonds is 4. The lowest BCUT2D eigenvalue weighted by atomic mass is 10.2. The predicted molar refractivity (Wildman–Crippen MR) is 63.8 cm³/mol. The van der Waals surface area contributed by atoms with Crippen molar-refractivity contribution in [3.8, 4) is 0 Å². The van der Waals surface area contributed by atoms with Crippen LogP contribution in [-0.2, 0) is 0 Å². The topological polar surface area (TPSA) is 61.0 Å². The second-order valence-electron chi connectivity index (χ2n) is 4.11. The van der Waals surface area contributed by atoms with E-state index in [9.17, 15) is 4.79 Å². The highest BCUT2D eigenvalue weighted by Gasteiger charge is 2.22. The molecule has 1 aromatic rings. The van der Waals surface area contributed by atoms with Crippen molar-refractivity contribution in [2.24, 2.45) is 0 Å². The maximum atomic E-state index is 11.3. The molecule has 1 saturated heterocycles. The second-order valence-corrected chi connectivity index (χ2v) is 4.11. The SMILES string of the molecule is CCCN(c1cc(=O)[nH]cn1)C1CCNC1. The fourth-order valence-electron chi connectivity index (χ4n) is 2.15. The standard InChI is InChI=1S/C11H18N4O/c1-2-5-15(9-3-4-12-7-9)10-6-11(16)14-8-13-10/h6,8-9,12H,2-5,7H2,1H3,(H,13,14,16). The van der Waals surface area contributed by atoms with Crippen molar-refractivity contribution in [3.05, 3.63) is 22.7 Å².